The van der Waals surface area contributed by atoms with E-state index in [4.69, 9.17) is 0 Å². The summed E-state index contributed by atoms with van der Waals surface area (Å²) in [5.41, 5.74) is 3.41. The minimum Gasteiger partial charge on any atom is -0.388 e. The van der Waals surface area contributed by atoms with Crippen LogP contribution in [0.5, 0.6) is 0 Å². The Kier molecular flexibility index (Phi) is 5.33. The Bertz CT molecular complexity index is 1050. The third-order valence-corrected chi connectivity index (χ3v) is 5.47. The van der Waals surface area contributed by atoms with Gasteiger partial charge in [-0.15, -0.1) is 0 Å². The summed E-state index contributed by atoms with van der Waals surface area (Å²) in [6.07, 6.45) is 0.244. The van der Waals surface area contributed by atoms with Gasteiger partial charge in [0.25, 0.3) is 11.8 Å². The highest BCUT2D eigenvalue weighted by molar-refractivity contribution is 6.24. The molecule has 0 spiro atoms. The van der Waals surface area contributed by atoms with Gasteiger partial charge in [0.15, 0.2) is 0 Å². The van der Waals surface area contributed by atoms with Crippen LogP contribution in [0, 0.1) is 0 Å². The number of amides is 4. The van der Waals surface area contributed by atoms with E-state index < -0.39 is 23.8 Å². The lowest BCUT2D eigenvalue weighted by molar-refractivity contribution is -0.136. The Morgan fingerprint density at radius 1 is 0.967 bits per heavy atom. The molecule has 154 valence electrons. The maximum Gasteiger partial charge on any atom is 0.262 e. The Labute approximate surface area is 173 Å². The van der Waals surface area contributed by atoms with E-state index in [2.05, 4.69) is 16.0 Å². The molecule has 30 heavy (non-hydrogen) atoms. The number of imide groups is 2. The second kappa shape index (κ2) is 8.08. The highest BCUT2D eigenvalue weighted by Crippen LogP contribution is 2.30. The summed E-state index contributed by atoms with van der Waals surface area (Å²) in [5.74, 6) is -1.98. The lowest BCUT2D eigenvalue weighted by Crippen LogP contribution is -2.54. The molecule has 4 amide bonds. The average molecular weight is 406 g/mol. The number of carbonyl (C=O) groups is 4. The van der Waals surface area contributed by atoms with E-state index in [0.29, 0.717) is 29.8 Å². The van der Waals surface area contributed by atoms with Crippen LogP contribution < -0.4 is 16.0 Å². The lowest BCUT2D eigenvalue weighted by Gasteiger charge is -2.27. The third-order valence-electron chi connectivity index (χ3n) is 5.47. The van der Waals surface area contributed by atoms with Gasteiger partial charge in [-0.2, -0.15) is 0 Å². The molecule has 2 aromatic rings. The topological polar surface area (TPSA) is 108 Å². The van der Waals surface area contributed by atoms with Gasteiger partial charge in [-0.3, -0.25) is 29.4 Å². The van der Waals surface area contributed by atoms with E-state index in [9.17, 15) is 19.2 Å². The lowest BCUT2D eigenvalue weighted by atomic mass is 10.0. The average Bonchev–Trinajstić information content (AvgIpc) is 3.00. The van der Waals surface area contributed by atoms with E-state index >= 15 is 0 Å². The molecule has 0 radical (unpaired) electrons. The number of anilines is 1. The number of rotatable bonds is 6. The van der Waals surface area contributed by atoms with Gasteiger partial charge in [-0.05, 0) is 29.7 Å². The first kappa shape index (κ1) is 19.8. The van der Waals surface area contributed by atoms with Gasteiger partial charge in [0.2, 0.25) is 11.8 Å². The smallest absolute Gasteiger partial charge is 0.262 e. The highest BCUT2D eigenvalue weighted by Gasteiger charge is 2.45. The van der Waals surface area contributed by atoms with Crippen LogP contribution in [0.15, 0.2) is 42.5 Å². The van der Waals surface area contributed by atoms with E-state index in [-0.39, 0.29) is 18.7 Å². The van der Waals surface area contributed by atoms with E-state index in [0.717, 1.165) is 16.2 Å². The van der Waals surface area contributed by atoms with Crippen LogP contribution in [0.1, 0.15) is 44.7 Å². The SMILES string of the molecule is CNc1ccccc1CNCc1cccc2c1C(=O)N(C1CCC(=O)NC1=O)C2=O. The minimum atomic E-state index is -0.960. The fourth-order valence-electron chi connectivity index (χ4n) is 3.98. The van der Waals surface area contributed by atoms with Crippen molar-refractivity contribution in [2.75, 3.05) is 12.4 Å². The molecule has 8 nitrogen and oxygen atoms in total. The number of nitrogens with one attached hydrogen (secondary N) is 3. The fourth-order valence-corrected chi connectivity index (χ4v) is 3.98. The zero-order chi connectivity index (χ0) is 21.3. The summed E-state index contributed by atoms with van der Waals surface area (Å²) in [7, 11) is 1.86. The zero-order valence-electron chi connectivity index (χ0n) is 16.5. The molecular weight excluding hydrogens is 384 g/mol. The summed E-state index contributed by atoms with van der Waals surface area (Å²) in [6, 6.07) is 12.1. The van der Waals surface area contributed by atoms with Crippen molar-refractivity contribution in [2.45, 2.75) is 32.0 Å². The molecule has 2 aliphatic rings. The molecule has 1 saturated heterocycles. The van der Waals surface area contributed by atoms with Crippen molar-refractivity contribution < 1.29 is 19.2 Å². The third kappa shape index (κ3) is 3.46. The second-order valence-corrected chi connectivity index (χ2v) is 7.30. The number of piperidine rings is 1. The van der Waals surface area contributed by atoms with Crippen molar-refractivity contribution in [3.63, 3.8) is 0 Å². The first-order valence-electron chi connectivity index (χ1n) is 9.81. The van der Waals surface area contributed by atoms with Crippen molar-refractivity contribution in [1.29, 1.82) is 0 Å². The van der Waals surface area contributed by atoms with E-state index in [1.165, 1.54) is 0 Å². The van der Waals surface area contributed by atoms with Gasteiger partial charge in [-0.1, -0.05) is 30.3 Å². The van der Waals surface area contributed by atoms with Crippen molar-refractivity contribution in [3.05, 3.63) is 64.7 Å². The monoisotopic (exact) mass is 406 g/mol. The largest absolute Gasteiger partial charge is 0.388 e. The Balaban J connectivity index is 1.53. The summed E-state index contributed by atoms with van der Waals surface area (Å²) < 4.78 is 0. The molecule has 0 aromatic heterocycles. The molecule has 2 heterocycles. The molecule has 1 fully saturated rings. The molecule has 0 aliphatic carbocycles. The number of hydrogen-bond donors (Lipinski definition) is 3. The van der Waals surface area contributed by atoms with Gasteiger partial charge < -0.3 is 10.6 Å². The molecular formula is C22H22N4O4. The molecule has 0 saturated carbocycles. The molecule has 0 bridgehead atoms. The standard InChI is InChI=1S/C22H22N4O4/c1-23-16-8-3-2-5-13(16)11-24-12-14-6-4-7-15-19(14)22(30)26(21(15)29)17-9-10-18(27)25-20(17)28/h2-8,17,23-24H,9-12H2,1H3,(H,25,27,28). The van der Waals surface area contributed by atoms with Crippen LogP contribution in [0.25, 0.3) is 0 Å². The maximum absolute atomic E-state index is 13.1. The molecule has 1 atom stereocenters. The minimum absolute atomic E-state index is 0.100. The number of carbonyl (C=O) groups excluding carboxylic acids is 4. The van der Waals surface area contributed by atoms with Crippen molar-refractivity contribution >= 4 is 29.3 Å². The van der Waals surface area contributed by atoms with Crippen molar-refractivity contribution in [3.8, 4) is 0 Å². The van der Waals surface area contributed by atoms with Gasteiger partial charge >= 0.3 is 0 Å². The first-order valence-corrected chi connectivity index (χ1v) is 9.81. The molecule has 8 heteroatoms. The number of benzene rings is 2. The number of para-hydroxylation sites is 1. The Morgan fingerprint density at radius 2 is 1.70 bits per heavy atom. The van der Waals surface area contributed by atoms with Crippen LogP contribution in [0.3, 0.4) is 0 Å². The predicted molar refractivity (Wildman–Crippen MR) is 110 cm³/mol. The molecule has 1 unspecified atom stereocenters. The molecule has 4 rings (SSSR count). The van der Waals surface area contributed by atoms with Crippen molar-refractivity contribution in [2.24, 2.45) is 0 Å². The van der Waals surface area contributed by atoms with Crippen LogP contribution in [0.2, 0.25) is 0 Å². The quantitative estimate of drug-likeness (QED) is 0.627. The number of fused-ring (bicyclic) bond motifs is 1. The second-order valence-electron chi connectivity index (χ2n) is 7.30. The predicted octanol–water partition coefficient (Wildman–Crippen LogP) is 1.42. The molecule has 2 aliphatic heterocycles. The Morgan fingerprint density at radius 3 is 2.47 bits per heavy atom. The van der Waals surface area contributed by atoms with E-state index in [1.807, 2.05) is 31.3 Å². The van der Waals surface area contributed by atoms with Crippen LogP contribution >= 0.6 is 0 Å². The van der Waals surface area contributed by atoms with Crippen LogP contribution in [0.4, 0.5) is 5.69 Å². The summed E-state index contributed by atoms with van der Waals surface area (Å²) >= 11 is 0. The van der Waals surface area contributed by atoms with Crippen molar-refractivity contribution in [1.82, 2.24) is 15.5 Å². The summed E-state index contributed by atoms with van der Waals surface area (Å²) in [4.78, 5) is 50.6. The summed E-state index contributed by atoms with van der Waals surface area (Å²) in [5, 5.41) is 8.67. The van der Waals surface area contributed by atoms with Gasteiger partial charge in [-0.25, -0.2) is 0 Å². The van der Waals surface area contributed by atoms with Crippen LogP contribution in [-0.4, -0.2) is 41.6 Å². The number of hydrogen-bond acceptors (Lipinski definition) is 6. The molecule has 3 N–H and O–H groups in total. The fraction of sp³-hybridized carbons (Fsp3) is 0.273. The Hall–Kier alpha value is -3.52. The highest BCUT2D eigenvalue weighted by atomic mass is 16.2. The van der Waals surface area contributed by atoms with E-state index in [1.54, 1.807) is 18.2 Å². The first-order chi connectivity index (χ1) is 14.5. The van der Waals surface area contributed by atoms with Gasteiger partial charge in [0.1, 0.15) is 6.04 Å². The van der Waals surface area contributed by atoms with Gasteiger partial charge in [0.05, 0.1) is 11.1 Å². The summed E-state index contributed by atoms with van der Waals surface area (Å²) in [6.45, 7) is 0.975. The normalized spacial score (nSPS) is 18.4. The van der Waals surface area contributed by atoms with Gasteiger partial charge in [0, 0.05) is 32.2 Å². The molecule has 2 aromatic carbocycles. The number of nitrogens with zero attached hydrogens (tertiary/aromatic N) is 1. The van der Waals surface area contributed by atoms with Crippen LogP contribution in [-0.2, 0) is 22.7 Å². The zero-order valence-corrected chi connectivity index (χ0v) is 16.5. The maximum atomic E-state index is 13.1.